The van der Waals surface area contributed by atoms with Crippen LogP contribution in [0.5, 0.6) is 0 Å². The van der Waals surface area contributed by atoms with Gasteiger partial charge in [0.15, 0.2) is 0 Å². The van der Waals surface area contributed by atoms with Crippen molar-refractivity contribution < 1.29 is 12.8 Å². The standard InChI is InChI=1S/C10H9BrFN3O2S/c1-6-10(5-13-14-6)18(16,17)15-9-4-7(11)2-3-8(9)12/h2-5,15H,1H3,(H,13,14). The van der Waals surface area contributed by atoms with E-state index in [9.17, 15) is 12.8 Å². The van der Waals surface area contributed by atoms with Gasteiger partial charge in [0.2, 0.25) is 0 Å². The van der Waals surface area contributed by atoms with Crippen LogP contribution in [-0.4, -0.2) is 18.6 Å². The molecule has 0 saturated carbocycles. The highest BCUT2D eigenvalue weighted by Gasteiger charge is 2.20. The summed E-state index contributed by atoms with van der Waals surface area (Å²) in [6.07, 6.45) is 1.17. The SMILES string of the molecule is Cc1[nH]ncc1S(=O)(=O)Nc1cc(Br)ccc1F. The number of anilines is 1. The molecule has 0 spiro atoms. The number of H-pyrrole nitrogens is 1. The van der Waals surface area contributed by atoms with Crippen LogP contribution in [0.1, 0.15) is 5.69 Å². The molecule has 0 atom stereocenters. The Balaban J connectivity index is 2.40. The molecule has 2 aromatic rings. The predicted octanol–water partition coefficient (Wildman–Crippen LogP) is 2.42. The number of halogens is 2. The predicted molar refractivity (Wildman–Crippen MR) is 68.2 cm³/mol. The van der Waals surface area contributed by atoms with Crippen LogP contribution in [0.15, 0.2) is 33.8 Å². The maximum absolute atomic E-state index is 13.5. The first-order chi connectivity index (χ1) is 8.40. The molecule has 1 aromatic carbocycles. The van der Waals surface area contributed by atoms with Gasteiger partial charge in [0, 0.05) is 4.47 Å². The van der Waals surface area contributed by atoms with Crippen LogP contribution in [0.25, 0.3) is 0 Å². The number of aryl methyl sites for hydroxylation is 1. The maximum Gasteiger partial charge on any atom is 0.265 e. The minimum absolute atomic E-state index is 0.0122. The average molecular weight is 334 g/mol. The summed E-state index contributed by atoms with van der Waals surface area (Å²) in [5.41, 5.74) is 0.267. The van der Waals surface area contributed by atoms with E-state index in [1.807, 2.05) is 0 Å². The van der Waals surface area contributed by atoms with Gasteiger partial charge in [0.1, 0.15) is 10.7 Å². The van der Waals surface area contributed by atoms with Crippen molar-refractivity contribution in [1.29, 1.82) is 0 Å². The van der Waals surface area contributed by atoms with Crippen LogP contribution in [0.4, 0.5) is 10.1 Å². The van der Waals surface area contributed by atoms with Crippen molar-refractivity contribution in [2.24, 2.45) is 0 Å². The summed E-state index contributed by atoms with van der Waals surface area (Å²) < 4.78 is 40.2. The van der Waals surface area contributed by atoms with Gasteiger partial charge >= 0.3 is 0 Å². The Morgan fingerprint density at radius 2 is 2.17 bits per heavy atom. The van der Waals surface area contributed by atoms with Crippen LogP contribution in [0.3, 0.4) is 0 Å². The summed E-state index contributed by atoms with van der Waals surface area (Å²) in [5, 5.41) is 6.14. The summed E-state index contributed by atoms with van der Waals surface area (Å²) in [7, 11) is -3.84. The van der Waals surface area contributed by atoms with E-state index in [-0.39, 0.29) is 10.6 Å². The Hall–Kier alpha value is -1.41. The molecule has 18 heavy (non-hydrogen) atoms. The zero-order chi connectivity index (χ0) is 13.3. The molecule has 8 heteroatoms. The zero-order valence-electron chi connectivity index (χ0n) is 9.24. The third kappa shape index (κ3) is 2.54. The van der Waals surface area contributed by atoms with Crippen molar-refractivity contribution in [3.63, 3.8) is 0 Å². The summed E-state index contributed by atoms with van der Waals surface area (Å²) >= 11 is 3.15. The Labute approximate surface area is 112 Å². The summed E-state index contributed by atoms with van der Waals surface area (Å²) in [6.45, 7) is 1.57. The monoisotopic (exact) mass is 333 g/mol. The Kier molecular flexibility index (Phi) is 3.40. The highest BCUT2D eigenvalue weighted by Crippen LogP contribution is 2.23. The Morgan fingerprint density at radius 3 is 2.78 bits per heavy atom. The van der Waals surface area contributed by atoms with E-state index in [0.29, 0.717) is 10.2 Å². The lowest BCUT2D eigenvalue weighted by Crippen LogP contribution is -2.14. The number of sulfonamides is 1. The lowest BCUT2D eigenvalue weighted by Gasteiger charge is -2.08. The molecule has 0 fully saturated rings. The van der Waals surface area contributed by atoms with Gasteiger partial charge in [-0.3, -0.25) is 9.82 Å². The third-order valence-corrected chi connectivity index (χ3v) is 4.22. The minimum atomic E-state index is -3.84. The second kappa shape index (κ2) is 4.69. The van der Waals surface area contributed by atoms with Crippen molar-refractivity contribution in [3.8, 4) is 0 Å². The van der Waals surface area contributed by atoms with Gasteiger partial charge in [-0.1, -0.05) is 15.9 Å². The molecule has 2 rings (SSSR count). The molecular formula is C10H9BrFN3O2S. The van der Waals surface area contributed by atoms with Gasteiger partial charge in [-0.15, -0.1) is 0 Å². The third-order valence-electron chi connectivity index (χ3n) is 2.25. The first kappa shape index (κ1) is 13.0. The second-order valence-electron chi connectivity index (χ2n) is 3.59. The Bertz CT molecular complexity index is 684. The Morgan fingerprint density at radius 1 is 1.44 bits per heavy atom. The second-order valence-corrected chi connectivity index (χ2v) is 6.16. The molecule has 5 nitrogen and oxygen atoms in total. The van der Waals surface area contributed by atoms with Crippen LogP contribution >= 0.6 is 15.9 Å². The van der Waals surface area contributed by atoms with Gasteiger partial charge in [-0.25, -0.2) is 12.8 Å². The number of nitrogens with one attached hydrogen (secondary N) is 2. The zero-order valence-corrected chi connectivity index (χ0v) is 11.6. The molecule has 0 unspecified atom stereocenters. The molecule has 96 valence electrons. The van der Waals surface area contributed by atoms with Gasteiger partial charge in [-0.2, -0.15) is 5.10 Å². The van der Waals surface area contributed by atoms with E-state index >= 15 is 0 Å². The number of nitrogens with zero attached hydrogens (tertiary/aromatic N) is 1. The van der Waals surface area contributed by atoms with E-state index in [0.717, 1.165) is 0 Å². The largest absolute Gasteiger partial charge is 0.281 e. The molecule has 0 radical (unpaired) electrons. The number of rotatable bonds is 3. The average Bonchev–Trinajstić information content (AvgIpc) is 2.70. The summed E-state index contributed by atoms with van der Waals surface area (Å²) in [6, 6.07) is 4.00. The van der Waals surface area contributed by atoms with Crippen LogP contribution < -0.4 is 4.72 Å². The lowest BCUT2D eigenvalue weighted by molar-refractivity contribution is 0.598. The number of hydrogen-bond donors (Lipinski definition) is 2. The summed E-state index contributed by atoms with van der Waals surface area (Å²) in [4.78, 5) is -0.0122. The number of benzene rings is 1. The molecule has 1 aromatic heterocycles. The molecule has 0 aliphatic heterocycles. The van der Waals surface area contributed by atoms with Crippen molar-refractivity contribution in [1.82, 2.24) is 10.2 Å². The molecule has 1 heterocycles. The summed E-state index contributed by atoms with van der Waals surface area (Å²) in [5.74, 6) is -0.650. The van der Waals surface area contributed by atoms with Crippen LogP contribution in [0.2, 0.25) is 0 Å². The molecule has 0 saturated heterocycles. The molecule has 0 aliphatic carbocycles. The molecule has 0 aliphatic rings. The van der Waals surface area contributed by atoms with Gasteiger partial charge < -0.3 is 0 Å². The highest BCUT2D eigenvalue weighted by atomic mass is 79.9. The van der Waals surface area contributed by atoms with E-state index in [1.54, 1.807) is 6.92 Å². The topological polar surface area (TPSA) is 74.8 Å². The van der Waals surface area contributed by atoms with E-state index in [1.165, 1.54) is 24.4 Å². The number of aromatic amines is 1. The fraction of sp³-hybridized carbons (Fsp3) is 0.100. The van der Waals surface area contributed by atoms with Gasteiger partial charge in [0.25, 0.3) is 10.0 Å². The van der Waals surface area contributed by atoms with Crippen molar-refractivity contribution in [2.45, 2.75) is 11.8 Å². The first-order valence-corrected chi connectivity index (χ1v) is 7.15. The van der Waals surface area contributed by atoms with Crippen LogP contribution in [0, 0.1) is 12.7 Å². The smallest absolute Gasteiger partial charge is 0.265 e. The normalized spacial score (nSPS) is 11.5. The first-order valence-electron chi connectivity index (χ1n) is 4.88. The van der Waals surface area contributed by atoms with Gasteiger partial charge in [0.05, 0.1) is 17.6 Å². The number of hydrogen-bond acceptors (Lipinski definition) is 3. The van der Waals surface area contributed by atoms with Crippen molar-refractivity contribution >= 4 is 31.6 Å². The lowest BCUT2D eigenvalue weighted by atomic mass is 10.3. The van der Waals surface area contributed by atoms with Crippen molar-refractivity contribution in [2.75, 3.05) is 4.72 Å². The maximum atomic E-state index is 13.5. The van der Waals surface area contributed by atoms with E-state index in [2.05, 4.69) is 30.8 Å². The molecule has 0 amide bonds. The quantitative estimate of drug-likeness (QED) is 0.905. The minimum Gasteiger partial charge on any atom is -0.281 e. The fourth-order valence-electron chi connectivity index (χ4n) is 1.39. The van der Waals surface area contributed by atoms with Crippen molar-refractivity contribution in [3.05, 3.63) is 40.4 Å². The highest BCUT2D eigenvalue weighted by molar-refractivity contribution is 9.10. The fourth-order valence-corrected chi connectivity index (χ4v) is 2.94. The van der Waals surface area contributed by atoms with E-state index < -0.39 is 15.8 Å². The number of aromatic nitrogens is 2. The van der Waals surface area contributed by atoms with Crippen LogP contribution in [-0.2, 0) is 10.0 Å². The molecule has 0 bridgehead atoms. The molecule has 2 N–H and O–H groups in total. The van der Waals surface area contributed by atoms with Gasteiger partial charge in [-0.05, 0) is 25.1 Å². The molecular weight excluding hydrogens is 325 g/mol. The van der Waals surface area contributed by atoms with E-state index in [4.69, 9.17) is 0 Å².